The molecule has 4 nitrogen and oxygen atoms in total. The Kier molecular flexibility index (Phi) is 3.35. The zero-order chi connectivity index (χ0) is 14.0. The maximum Gasteiger partial charge on any atom is 0.587 e. The van der Waals surface area contributed by atoms with Gasteiger partial charge in [-0.2, -0.15) is 0 Å². The molecule has 0 aromatic heterocycles. The lowest BCUT2D eigenvalue weighted by atomic mass is 10.1. The highest BCUT2D eigenvalue weighted by molar-refractivity contribution is 7.49. The molecule has 0 fully saturated rings. The number of rotatable bonds is 3. The fourth-order valence-corrected chi connectivity index (χ4v) is 2.96. The number of benzene rings is 2. The maximum absolute atomic E-state index is 12.2. The van der Waals surface area contributed by atoms with Crippen molar-refractivity contribution in [3.8, 4) is 0 Å². The molecule has 1 aliphatic rings. The third kappa shape index (κ3) is 2.36. The second kappa shape index (κ2) is 5.16. The van der Waals surface area contributed by atoms with Gasteiger partial charge in [-0.1, -0.05) is 60.7 Å². The van der Waals surface area contributed by atoms with Crippen LogP contribution in [0.5, 0.6) is 0 Å². The van der Waals surface area contributed by atoms with Crippen molar-refractivity contribution in [2.24, 2.45) is 0 Å². The first-order valence-electron chi connectivity index (χ1n) is 6.12. The van der Waals surface area contributed by atoms with Crippen molar-refractivity contribution in [1.29, 1.82) is 0 Å². The zero-order valence-electron chi connectivity index (χ0n) is 10.9. The lowest BCUT2D eigenvalue weighted by molar-refractivity contribution is 0.248. The third-order valence-electron chi connectivity index (χ3n) is 2.91. The Morgan fingerprint density at radius 2 is 1.20 bits per heavy atom. The van der Waals surface area contributed by atoms with Gasteiger partial charge >= 0.3 is 7.82 Å². The molecule has 0 saturated heterocycles. The van der Waals surface area contributed by atoms with E-state index in [1.54, 1.807) is 0 Å². The van der Waals surface area contributed by atoms with Gasteiger partial charge in [-0.25, -0.2) is 4.57 Å². The van der Waals surface area contributed by atoms with E-state index in [4.69, 9.17) is 13.6 Å². The van der Waals surface area contributed by atoms with Gasteiger partial charge in [0, 0.05) is 18.2 Å². The maximum atomic E-state index is 12.2. The van der Waals surface area contributed by atoms with Crippen LogP contribution in [-0.4, -0.2) is 7.11 Å². The van der Waals surface area contributed by atoms with Crippen LogP contribution in [0.3, 0.4) is 0 Å². The molecule has 0 aliphatic carbocycles. The lowest BCUT2D eigenvalue weighted by Gasteiger charge is -2.07. The topological polar surface area (TPSA) is 44.8 Å². The molecule has 0 spiro atoms. The first kappa shape index (κ1) is 13.0. The summed E-state index contributed by atoms with van der Waals surface area (Å²) in [5.41, 5.74) is 1.59. The largest absolute Gasteiger partial charge is 0.587 e. The van der Waals surface area contributed by atoms with Crippen LogP contribution in [0.2, 0.25) is 0 Å². The van der Waals surface area contributed by atoms with Crippen LogP contribution in [0.1, 0.15) is 11.1 Å². The molecule has 20 heavy (non-hydrogen) atoms. The number of hydrogen-bond acceptors (Lipinski definition) is 4. The van der Waals surface area contributed by atoms with Gasteiger partial charge < -0.3 is 9.05 Å². The lowest BCUT2D eigenvalue weighted by Crippen LogP contribution is -1.87. The molecule has 0 unspecified atom stereocenters. The van der Waals surface area contributed by atoms with Crippen molar-refractivity contribution < 1.29 is 18.1 Å². The molecule has 5 heteroatoms. The Balaban J connectivity index is 2.12. The van der Waals surface area contributed by atoms with Gasteiger partial charge in [-0.05, 0) is 0 Å². The third-order valence-corrected chi connectivity index (χ3v) is 4.17. The molecule has 1 heterocycles. The zero-order valence-corrected chi connectivity index (χ0v) is 11.7. The van der Waals surface area contributed by atoms with Gasteiger partial charge in [0.15, 0.2) is 11.5 Å². The van der Waals surface area contributed by atoms with Gasteiger partial charge in [0.05, 0.1) is 0 Å². The monoisotopic (exact) mass is 288 g/mol. The average Bonchev–Trinajstić information content (AvgIpc) is 2.88. The fourth-order valence-electron chi connectivity index (χ4n) is 1.95. The molecule has 0 radical (unpaired) electrons. The van der Waals surface area contributed by atoms with Crippen molar-refractivity contribution in [3.63, 3.8) is 0 Å². The minimum atomic E-state index is -3.57. The summed E-state index contributed by atoms with van der Waals surface area (Å²) >= 11 is 0. The minimum absolute atomic E-state index is 0.432. The second-order valence-corrected chi connectivity index (χ2v) is 5.83. The molecule has 0 saturated carbocycles. The molecule has 0 atom stereocenters. The average molecular weight is 288 g/mol. The molecule has 102 valence electrons. The van der Waals surface area contributed by atoms with Crippen molar-refractivity contribution in [1.82, 2.24) is 0 Å². The van der Waals surface area contributed by atoms with Crippen LogP contribution in [0, 0.1) is 0 Å². The van der Waals surface area contributed by atoms with E-state index in [1.807, 2.05) is 60.7 Å². The summed E-state index contributed by atoms with van der Waals surface area (Å²) < 4.78 is 28.0. The smallest absolute Gasteiger partial charge is 0.390 e. The highest BCUT2D eigenvalue weighted by atomic mass is 31.2. The summed E-state index contributed by atoms with van der Waals surface area (Å²) in [7, 11) is -2.27. The van der Waals surface area contributed by atoms with Crippen LogP contribution >= 0.6 is 7.82 Å². The molecular formula is C15H13O4P. The van der Waals surface area contributed by atoms with E-state index in [0.29, 0.717) is 11.5 Å². The van der Waals surface area contributed by atoms with Gasteiger partial charge in [0.25, 0.3) is 0 Å². The molecule has 1 aliphatic heterocycles. The molecule has 2 aromatic carbocycles. The quantitative estimate of drug-likeness (QED) is 0.789. The number of phosphoric acid groups is 1. The van der Waals surface area contributed by atoms with Gasteiger partial charge in [0.1, 0.15) is 0 Å². The number of phosphoric ester groups is 1. The van der Waals surface area contributed by atoms with Crippen molar-refractivity contribution >= 4 is 19.3 Å². The summed E-state index contributed by atoms with van der Waals surface area (Å²) in [5, 5.41) is 0. The predicted molar refractivity (Wildman–Crippen MR) is 76.5 cm³/mol. The Bertz CT molecular complexity index is 624. The van der Waals surface area contributed by atoms with E-state index in [-0.39, 0.29) is 0 Å². The Morgan fingerprint density at radius 1 is 0.800 bits per heavy atom. The normalized spacial score (nSPS) is 16.6. The summed E-state index contributed by atoms with van der Waals surface area (Å²) in [4.78, 5) is 0. The Hall–Kier alpha value is -2.03. The van der Waals surface area contributed by atoms with Crippen molar-refractivity contribution in [2.45, 2.75) is 0 Å². The van der Waals surface area contributed by atoms with Crippen LogP contribution in [0.4, 0.5) is 0 Å². The fraction of sp³-hybridized carbons (Fsp3) is 0.0667. The molecule has 0 bridgehead atoms. The Morgan fingerprint density at radius 3 is 1.55 bits per heavy atom. The number of hydrogen-bond donors (Lipinski definition) is 0. The van der Waals surface area contributed by atoms with Crippen molar-refractivity contribution in [2.75, 3.05) is 7.11 Å². The van der Waals surface area contributed by atoms with Crippen LogP contribution in [0.15, 0.2) is 60.7 Å². The molecule has 3 rings (SSSR count). The summed E-state index contributed by atoms with van der Waals surface area (Å²) in [6, 6.07) is 18.8. The van der Waals surface area contributed by atoms with E-state index < -0.39 is 7.82 Å². The SMILES string of the molecule is COP1(=O)OC(c2ccccc2)=C(c2ccccc2)O1. The molecule has 0 N–H and O–H groups in total. The van der Waals surface area contributed by atoms with Crippen LogP contribution in [0.25, 0.3) is 11.5 Å². The van der Waals surface area contributed by atoms with Crippen molar-refractivity contribution in [3.05, 3.63) is 71.8 Å². The van der Waals surface area contributed by atoms with Crippen LogP contribution < -0.4 is 0 Å². The van der Waals surface area contributed by atoms with E-state index in [2.05, 4.69) is 0 Å². The van der Waals surface area contributed by atoms with E-state index in [9.17, 15) is 4.57 Å². The highest BCUT2D eigenvalue weighted by Crippen LogP contribution is 2.62. The standard InChI is InChI=1S/C15H13O4P/c1-17-20(16)18-14(12-8-4-2-5-9-12)15(19-20)13-10-6-3-7-11-13/h2-11H,1H3. The van der Waals surface area contributed by atoms with E-state index in [0.717, 1.165) is 11.1 Å². The Labute approximate surface area is 117 Å². The van der Waals surface area contributed by atoms with Crippen LogP contribution in [-0.2, 0) is 18.1 Å². The predicted octanol–water partition coefficient (Wildman–Crippen LogP) is 4.31. The summed E-state index contributed by atoms with van der Waals surface area (Å²) in [6.07, 6.45) is 0. The molecular weight excluding hydrogens is 275 g/mol. The molecule has 2 aromatic rings. The highest BCUT2D eigenvalue weighted by Gasteiger charge is 2.40. The summed E-state index contributed by atoms with van der Waals surface area (Å²) in [5.74, 6) is 0.865. The first-order valence-corrected chi connectivity index (χ1v) is 7.58. The summed E-state index contributed by atoms with van der Waals surface area (Å²) in [6.45, 7) is 0. The molecule has 0 amide bonds. The minimum Gasteiger partial charge on any atom is -0.390 e. The van der Waals surface area contributed by atoms with Gasteiger partial charge in [0.2, 0.25) is 0 Å². The first-order chi connectivity index (χ1) is 9.72. The van der Waals surface area contributed by atoms with Gasteiger partial charge in [-0.15, -0.1) is 0 Å². The second-order valence-electron chi connectivity index (χ2n) is 4.20. The van der Waals surface area contributed by atoms with E-state index in [1.165, 1.54) is 7.11 Å². The van der Waals surface area contributed by atoms with Gasteiger partial charge in [-0.3, -0.25) is 4.52 Å². The van der Waals surface area contributed by atoms with E-state index >= 15 is 0 Å².